The van der Waals surface area contributed by atoms with Crippen molar-refractivity contribution in [2.75, 3.05) is 6.54 Å². The van der Waals surface area contributed by atoms with Crippen molar-refractivity contribution in [3.8, 4) is 0 Å². The Kier molecular flexibility index (Phi) is 3.21. The molecule has 16 heavy (non-hydrogen) atoms. The Morgan fingerprint density at radius 2 is 2.50 bits per heavy atom. The standard InChI is InChI=1S/C10H16N4O2/c11-10(16)9(15)5-12-3-8-4-13-6-14(8)7-1-2-7/h4,6-7,9,12,15H,1-3,5H2,(H2,11,16). The van der Waals surface area contributed by atoms with Crippen LogP contribution in [-0.2, 0) is 11.3 Å². The quantitative estimate of drug-likeness (QED) is 0.587. The summed E-state index contributed by atoms with van der Waals surface area (Å²) in [6, 6.07) is 0.584. The van der Waals surface area contributed by atoms with Crippen molar-refractivity contribution in [3.63, 3.8) is 0 Å². The molecule has 0 spiro atoms. The molecular weight excluding hydrogens is 208 g/mol. The first-order valence-electron chi connectivity index (χ1n) is 5.37. The van der Waals surface area contributed by atoms with E-state index < -0.39 is 12.0 Å². The zero-order chi connectivity index (χ0) is 11.5. The Balaban J connectivity index is 1.80. The number of hydrogen-bond donors (Lipinski definition) is 3. The fourth-order valence-electron chi connectivity index (χ4n) is 1.59. The van der Waals surface area contributed by atoms with Gasteiger partial charge in [0.25, 0.3) is 0 Å². The van der Waals surface area contributed by atoms with Crippen LogP contribution in [0.2, 0.25) is 0 Å². The number of aromatic nitrogens is 2. The van der Waals surface area contributed by atoms with Gasteiger partial charge in [-0.05, 0) is 12.8 Å². The SMILES string of the molecule is NC(=O)C(O)CNCc1cncn1C1CC1. The molecule has 0 saturated heterocycles. The first-order valence-corrected chi connectivity index (χ1v) is 5.37. The van der Waals surface area contributed by atoms with Gasteiger partial charge in [0.1, 0.15) is 6.10 Å². The van der Waals surface area contributed by atoms with Gasteiger partial charge in [0.15, 0.2) is 0 Å². The smallest absolute Gasteiger partial charge is 0.247 e. The van der Waals surface area contributed by atoms with Gasteiger partial charge in [0, 0.05) is 25.3 Å². The highest BCUT2D eigenvalue weighted by molar-refractivity contribution is 5.78. The highest BCUT2D eigenvalue weighted by Crippen LogP contribution is 2.35. The number of aliphatic hydroxyl groups is 1. The molecule has 6 nitrogen and oxygen atoms in total. The van der Waals surface area contributed by atoms with E-state index in [1.165, 1.54) is 12.8 Å². The number of aliphatic hydroxyl groups excluding tert-OH is 1. The number of amides is 1. The summed E-state index contributed by atoms with van der Waals surface area (Å²) in [6.07, 6.45) is 4.89. The number of hydrogen-bond acceptors (Lipinski definition) is 4. The molecule has 1 fully saturated rings. The van der Waals surface area contributed by atoms with E-state index in [0.717, 1.165) is 5.69 Å². The predicted molar refractivity (Wildman–Crippen MR) is 57.4 cm³/mol. The molecule has 1 atom stereocenters. The maximum atomic E-state index is 10.6. The number of carbonyl (C=O) groups is 1. The van der Waals surface area contributed by atoms with Gasteiger partial charge in [-0.3, -0.25) is 4.79 Å². The second-order valence-corrected chi connectivity index (χ2v) is 4.07. The summed E-state index contributed by atoms with van der Waals surface area (Å²) in [5.74, 6) is -0.705. The summed E-state index contributed by atoms with van der Waals surface area (Å²) in [4.78, 5) is 14.7. The number of nitrogens with zero attached hydrogens (tertiary/aromatic N) is 2. The lowest BCUT2D eigenvalue weighted by Gasteiger charge is -2.10. The summed E-state index contributed by atoms with van der Waals surface area (Å²) in [6.45, 7) is 0.756. The van der Waals surface area contributed by atoms with E-state index >= 15 is 0 Å². The van der Waals surface area contributed by atoms with E-state index in [-0.39, 0.29) is 6.54 Å². The number of nitrogens with two attached hydrogens (primary N) is 1. The van der Waals surface area contributed by atoms with Crippen LogP contribution in [0.25, 0.3) is 0 Å². The predicted octanol–water partition coefficient (Wildman–Crippen LogP) is -0.846. The van der Waals surface area contributed by atoms with E-state index in [9.17, 15) is 9.90 Å². The average Bonchev–Trinajstić information content (AvgIpc) is 2.99. The van der Waals surface area contributed by atoms with E-state index in [1.54, 1.807) is 6.20 Å². The van der Waals surface area contributed by atoms with E-state index in [1.807, 2.05) is 6.33 Å². The number of carbonyl (C=O) groups excluding carboxylic acids is 1. The molecule has 4 N–H and O–H groups in total. The molecule has 1 heterocycles. The molecule has 1 unspecified atom stereocenters. The topological polar surface area (TPSA) is 93.2 Å². The second-order valence-electron chi connectivity index (χ2n) is 4.07. The Bertz CT molecular complexity index is 373. The molecule has 1 aliphatic carbocycles. The van der Waals surface area contributed by atoms with Crippen LogP contribution in [0.1, 0.15) is 24.6 Å². The van der Waals surface area contributed by atoms with Gasteiger partial charge in [-0.25, -0.2) is 4.98 Å². The van der Waals surface area contributed by atoms with Crippen LogP contribution in [-0.4, -0.2) is 33.2 Å². The maximum Gasteiger partial charge on any atom is 0.247 e. The van der Waals surface area contributed by atoms with Gasteiger partial charge in [-0.1, -0.05) is 0 Å². The molecule has 1 amide bonds. The lowest BCUT2D eigenvalue weighted by molar-refractivity contribution is -0.125. The van der Waals surface area contributed by atoms with Gasteiger partial charge < -0.3 is 20.7 Å². The summed E-state index contributed by atoms with van der Waals surface area (Å²) in [5, 5.41) is 12.2. The lowest BCUT2D eigenvalue weighted by Crippen LogP contribution is -2.37. The molecule has 1 aromatic heterocycles. The van der Waals surface area contributed by atoms with Crippen molar-refractivity contribution < 1.29 is 9.90 Å². The van der Waals surface area contributed by atoms with Crippen molar-refractivity contribution >= 4 is 5.91 Å². The molecule has 88 valence electrons. The van der Waals surface area contributed by atoms with Crippen molar-refractivity contribution in [3.05, 3.63) is 18.2 Å². The fourth-order valence-corrected chi connectivity index (χ4v) is 1.59. The highest BCUT2D eigenvalue weighted by atomic mass is 16.3. The van der Waals surface area contributed by atoms with Crippen molar-refractivity contribution in [1.29, 1.82) is 0 Å². The minimum absolute atomic E-state index is 0.172. The fraction of sp³-hybridized carbons (Fsp3) is 0.600. The largest absolute Gasteiger partial charge is 0.382 e. The van der Waals surface area contributed by atoms with Crippen LogP contribution in [0.4, 0.5) is 0 Å². The zero-order valence-electron chi connectivity index (χ0n) is 8.97. The Labute approximate surface area is 93.5 Å². The Hall–Kier alpha value is -1.40. The summed E-state index contributed by atoms with van der Waals surface area (Å²) in [7, 11) is 0. The van der Waals surface area contributed by atoms with E-state index in [4.69, 9.17) is 5.73 Å². The van der Waals surface area contributed by atoms with Crippen molar-refractivity contribution in [2.24, 2.45) is 5.73 Å². The molecule has 2 rings (SSSR count). The van der Waals surface area contributed by atoms with Crippen molar-refractivity contribution in [2.45, 2.75) is 31.5 Å². The number of imidazole rings is 1. The first-order chi connectivity index (χ1) is 7.68. The van der Waals surface area contributed by atoms with Crippen LogP contribution in [0.15, 0.2) is 12.5 Å². The monoisotopic (exact) mass is 224 g/mol. The van der Waals surface area contributed by atoms with Gasteiger partial charge >= 0.3 is 0 Å². The van der Waals surface area contributed by atoms with Crippen molar-refractivity contribution in [1.82, 2.24) is 14.9 Å². The Morgan fingerprint density at radius 3 is 3.12 bits per heavy atom. The highest BCUT2D eigenvalue weighted by Gasteiger charge is 2.25. The van der Waals surface area contributed by atoms with E-state index in [0.29, 0.717) is 12.6 Å². The number of primary amides is 1. The second kappa shape index (κ2) is 4.63. The summed E-state index contributed by atoms with van der Waals surface area (Å²) in [5.41, 5.74) is 6.01. The van der Waals surface area contributed by atoms with Gasteiger partial charge in [-0.15, -0.1) is 0 Å². The average molecular weight is 224 g/mol. The minimum atomic E-state index is -1.13. The van der Waals surface area contributed by atoms with Crippen LogP contribution in [0, 0.1) is 0 Å². The third-order valence-corrected chi connectivity index (χ3v) is 2.66. The molecule has 0 radical (unpaired) electrons. The van der Waals surface area contributed by atoms with Crippen LogP contribution < -0.4 is 11.1 Å². The maximum absolute atomic E-state index is 10.6. The molecule has 6 heteroatoms. The third kappa shape index (κ3) is 2.59. The minimum Gasteiger partial charge on any atom is -0.382 e. The number of nitrogens with one attached hydrogen (secondary N) is 1. The molecule has 0 bridgehead atoms. The van der Waals surface area contributed by atoms with E-state index in [2.05, 4.69) is 14.9 Å². The van der Waals surface area contributed by atoms with Gasteiger partial charge in [0.2, 0.25) is 5.91 Å². The zero-order valence-corrected chi connectivity index (χ0v) is 8.97. The van der Waals surface area contributed by atoms with Crippen LogP contribution >= 0.6 is 0 Å². The lowest BCUT2D eigenvalue weighted by atomic mass is 10.3. The molecule has 0 aliphatic heterocycles. The molecular formula is C10H16N4O2. The number of rotatable bonds is 6. The first kappa shape index (κ1) is 11.1. The summed E-state index contributed by atoms with van der Waals surface area (Å²) >= 11 is 0. The third-order valence-electron chi connectivity index (χ3n) is 2.66. The molecule has 1 saturated carbocycles. The van der Waals surface area contributed by atoms with Crippen LogP contribution in [0.3, 0.4) is 0 Å². The molecule has 1 aliphatic rings. The van der Waals surface area contributed by atoms with Gasteiger partial charge in [0.05, 0.1) is 12.0 Å². The van der Waals surface area contributed by atoms with Gasteiger partial charge in [-0.2, -0.15) is 0 Å². The summed E-state index contributed by atoms with van der Waals surface area (Å²) < 4.78 is 2.13. The molecule has 0 aromatic carbocycles. The normalized spacial score (nSPS) is 17.3. The molecule has 1 aromatic rings. The van der Waals surface area contributed by atoms with Crippen LogP contribution in [0.5, 0.6) is 0 Å². The Morgan fingerprint density at radius 1 is 1.75 bits per heavy atom.